The van der Waals surface area contributed by atoms with E-state index in [9.17, 15) is 9.59 Å². The molecule has 2 fully saturated rings. The van der Waals surface area contributed by atoms with Crippen molar-refractivity contribution in [3.8, 4) is 5.75 Å². The molecule has 2 saturated heterocycles. The van der Waals surface area contributed by atoms with Crippen LogP contribution >= 0.6 is 0 Å². The molecule has 1 aromatic carbocycles. The topological polar surface area (TPSA) is 79.5 Å². The summed E-state index contributed by atoms with van der Waals surface area (Å²) in [6, 6.07) is 3.76. The van der Waals surface area contributed by atoms with Crippen molar-refractivity contribution in [1.29, 1.82) is 0 Å². The van der Waals surface area contributed by atoms with E-state index < -0.39 is 0 Å². The van der Waals surface area contributed by atoms with Gasteiger partial charge in [0.05, 0.1) is 12.6 Å². The second-order valence-corrected chi connectivity index (χ2v) is 10.7. The van der Waals surface area contributed by atoms with Crippen LogP contribution in [0.4, 0.5) is 0 Å². The van der Waals surface area contributed by atoms with Crippen LogP contribution < -0.4 is 20.7 Å². The number of benzene rings is 1. The highest BCUT2D eigenvalue weighted by atomic mass is 16.5. The minimum Gasteiger partial charge on any atom is -0.494 e. The Kier molecular flexibility index (Phi) is 9.38. The van der Waals surface area contributed by atoms with Crippen molar-refractivity contribution in [2.24, 2.45) is 5.92 Å². The number of ether oxygens (including phenoxy) is 1. The Morgan fingerprint density at radius 1 is 1.11 bits per heavy atom. The number of allylic oxidation sites excluding steroid dienone is 2. The molecule has 35 heavy (non-hydrogen) atoms. The van der Waals surface area contributed by atoms with Gasteiger partial charge in [0.2, 0.25) is 0 Å². The summed E-state index contributed by atoms with van der Waals surface area (Å²) in [6.45, 7) is 7.58. The summed E-state index contributed by atoms with van der Waals surface area (Å²) < 4.78 is 6.03. The van der Waals surface area contributed by atoms with Crippen molar-refractivity contribution in [2.45, 2.75) is 90.1 Å². The summed E-state index contributed by atoms with van der Waals surface area (Å²) >= 11 is 0. The molecule has 6 heteroatoms. The molecule has 2 heterocycles. The Morgan fingerprint density at radius 2 is 1.89 bits per heavy atom. The summed E-state index contributed by atoms with van der Waals surface area (Å²) in [6.07, 6.45) is 12.8. The number of hydrogen-bond donors (Lipinski definition) is 3. The molecule has 1 aromatic rings. The fraction of sp³-hybridized carbons (Fsp3) is 0.655. The first-order valence-corrected chi connectivity index (χ1v) is 13.7. The number of carbonyl (C=O) groups excluding carboxylic acids is 2. The van der Waals surface area contributed by atoms with Gasteiger partial charge in [-0.15, -0.1) is 0 Å². The maximum atomic E-state index is 13.1. The molecule has 3 N–H and O–H groups in total. The SMILES string of the molecule is Cc1cc(OCCCC2CCNCC2)cc(C)c1C(=O)N[C@@H]1CN[C@H](C(=O)CC2=CCCCC2)C1. The van der Waals surface area contributed by atoms with Gasteiger partial charge < -0.3 is 20.7 Å². The van der Waals surface area contributed by atoms with Crippen LogP contribution in [-0.4, -0.2) is 50.0 Å². The Morgan fingerprint density at radius 3 is 2.60 bits per heavy atom. The van der Waals surface area contributed by atoms with Gasteiger partial charge >= 0.3 is 0 Å². The summed E-state index contributed by atoms with van der Waals surface area (Å²) in [7, 11) is 0. The average molecular weight is 482 g/mol. The predicted octanol–water partition coefficient (Wildman–Crippen LogP) is 4.38. The molecule has 2 aliphatic heterocycles. The van der Waals surface area contributed by atoms with Crippen LogP contribution in [0.15, 0.2) is 23.8 Å². The lowest BCUT2D eigenvalue weighted by molar-refractivity contribution is -0.120. The Bertz CT molecular complexity index is 897. The third-order valence-electron chi connectivity index (χ3n) is 7.86. The van der Waals surface area contributed by atoms with Crippen LogP contribution in [-0.2, 0) is 4.79 Å². The molecule has 1 amide bonds. The molecular formula is C29H43N3O3. The van der Waals surface area contributed by atoms with Crippen LogP contribution in [0.2, 0.25) is 0 Å². The molecule has 2 atom stereocenters. The Hall–Kier alpha value is -2.18. The summed E-state index contributed by atoms with van der Waals surface area (Å²) in [5, 5.41) is 9.91. The normalized spacial score (nSPS) is 23.1. The monoisotopic (exact) mass is 481 g/mol. The third-order valence-corrected chi connectivity index (χ3v) is 7.86. The van der Waals surface area contributed by atoms with E-state index in [2.05, 4.69) is 22.0 Å². The zero-order valence-corrected chi connectivity index (χ0v) is 21.6. The van der Waals surface area contributed by atoms with E-state index in [1.165, 1.54) is 37.7 Å². The number of rotatable bonds is 10. The van der Waals surface area contributed by atoms with Crippen LogP contribution in [0.3, 0.4) is 0 Å². The highest BCUT2D eigenvalue weighted by molar-refractivity contribution is 5.97. The van der Waals surface area contributed by atoms with Gasteiger partial charge in [0, 0.05) is 24.6 Å². The van der Waals surface area contributed by atoms with Gasteiger partial charge in [-0.05, 0) is 114 Å². The molecule has 1 aliphatic carbocycles. The van der Waals surface area contributed by atoms with E-state index in [0.717, 1.165) is 55.1 Å². The maximum absolute atomic E-state index is 13.1. The van der Waals surface area contributed by atoms with Gasteiger partial charge in [-0.25, -0.2) is 0 Å². The van der Waals surface area contributed by atoms with Gasteiger partial charge in [0.1, 0.15) is 5.75 Å². The number of aryl methyl sites for hydroxylation is 2. The predicted molar refractivity (Wildman–Crippen MR) is 140 cm³/mol. The average Bonchev–Trinajstić information content (AvgIpc) is 3.31. The van der Waals surface area contributed by atoms with E-state index >= 15 is 0 Å². The lowest BCUT2D eigenvalue weighted by Crippen LogP contribution is -2.36. The smallest absolute Gasteiger partial charge is 0.252 e. The number of ketones is 1. The maximum Gasteiger partial charge on any atom is 0.252 e. The number of Topliss-reactive ketones (excluding diaryl/α,β-unsaturated/α-hetero) is 1. The van der Waals surface area contributed by atoms with E-state index in [-0.39, 0.29) is 23.8 Å². The van der Waals surface area contributed by atoms with Crippen LogP contribution in [0.5, 0.6) is 5.75 Å². The number of carbonyl (C=O) groups is 2. The molecule has 0 spiro atoms. The van der Waals surface area contributed by atoms with Crippen LogP contribution in [0, 0.1) is 19.8 Å². The highest BCUT2D eigenvalue weighted by Gasteiger charge is 2.31. The summed E-state index contributed by atoms with van der Waals surface area (Å²) in [5.74, 6) is 1.85. The standard InChI is InChI=1S/C29H43N3O3/c1-20-15-25(35-14-6-9-22-10-12-30-13-11-22)16-21(2)28(20)29(34)32-24-18-26(31-19-24)27(33)17-23-7-4-3-5-8-23/h7,15-16,22,24,26,30-31H,3-6,8-14,17-19H2,1-2H3,(H,32,34)/t24-,26-/m0/s1. The molecule has 0 radical (unpaired) electrons. The second kappa shape index (κ2) is 12.7. The molecule has 4 rings (SSSR count). The molecule has 0 saturated carbocycles. The van der Waals surface area contributed by atoms with E-state index in [4.69, 9.17) is 4.74 Å². The molecule has 6 nitrogen and oxygen atoms in total. The van der Waals surface area contributed by atoms with E-state index in [1.54, 1.807) is 0 Å². The largest absolute Gasteiger partial charge is 0.494 e. The molecule has 0 aromatic heterocycles. The number of amides is 1. The van der Waals surface area contributed by atoms with Gasteiger partial charge in [0.25, 0.3) is 5.91 Å². The number of nitrogens with one attached hydrogen (secondary N) is 3. The quantitative estimate of drug-likeness (QED) is 0.341. The lowest BCUT2D eigenvalue weighted by atomic mass is 9.93. The first-order chi connectivity index (χ1) is 17.0. The fourth-order valence-electron chi connectivity index (χ4n) is 5.86. The molecule has 0 unspecified atom stereocenters. The number of piperidine rings is 1. The van der Waals surface area contributed by atoms with Gasteiger partial charge in [-0.2, -0.15) is 0 Å². The first kappa shape index (κ1) is 25.9. The van der Waals surface area contributed by atoms with Crippen molar-refractivity contribution < 1.29 is 14.3 Å². The zero-order valence-electron chi connectivity index (χ0n) is 21.6. The van der Waals surface area contributed by atoms with Crippen molar-refractivity contribution >= 4 is 11.7 Å². The third kappa shape index (κ3) is 7.40. The minimum absolute atomic E-state index is 0.0264. The molecule has 192 valence electrons. The lowest BCUT2D eigenvalue weighted by Gasteiger charge is -2.22. The van der Waals surface area contributed by atoms with Crippen molar-refractivity contribution in [3.05, 3.63) is 40.5 Å². The van der Waals surface area contributed by atoms with Gasteiger partial charge in [0.15, 0.2) is 5.78 Å². The Labute approximate surface area is 210 Å². The van der Waals surface area contributed by atoms with Gasteiger partial charge in [-0.1, -0.05) is 11.6 Å². The van der Waals surface area contributed by atoms with Crippen molar-refractivity contribution in [1.82, 2.24) is 16.0 Å². The van der Waals surface area contributed by atoms with E-state index in [0.29, 0.717) is 31.6 Å². The van der Waals surface area contributed by atoms with Crippen LogP contribution in [0.1, 0.15) is 85.7 Å². The summed E-state index contributed by atoms with van der Waals surface area (Å²) in [4.78, 5) is 25.8. The minimum atomic E-state index is -0.161. The summed E-state index contributed by atoms with van der Waals surface area (Å²) in [5.41, 5.74) is 3.86. The molecule has 3 aliphatic rings. The van der Waals surface area contributed by atoms with Crippen LogP contribution in [0.25, 0.3) is 0 Å². The second-order valence-electron chi connectivity index (χ2n) is 10.7. The van der Waals surface area contributed by atoms with Crippen molar-refractivity contribution in [2.75, 3.05) is 26.2 Å². The molecule has 0 bridgehead atoms. The highest BCUT2D eigenvalue weighted by Crippen LogP contribution is 2.25. The fourth-order valence-corrected chi connectivity index (χ4v) is 5.86. The first-order valence-electron chi connectivity index (χ1n) is 13.7. The van der Waals surface area contributed by atoms with Crippen molar-refractivity contribution in [3.63, 3.8) is 0 Å². The molecular weight excluding hydrogens is 438 g/mol. The zero-order chi connectivity index (χ0) is 24.6. The number of hydrogen-bond acceptors (Lipinski definition) is 5. The van der Waals surface area contributed by atoms with E-state index in [1.807, 2.05) is 26.0 Å². The Balaban J connectivity index is 1.24. The van der Waals surface area contributed by atoms with Gasteiger partial charge in [-0.3, -0.25) is 9.59 Å².